The van der Waals surface area contributed by atoms with E-state index in [0.717, 1.165) is 38.6 Å². The zero-order valence-electron chi connectivity index (χ0n) is 30.4. The maximum atomic E-state index is 6.28. The van der Waals surface area contributed by atoms with Gasteiger partial charge in [-0.3, -0.25) is 0 Å². The van der Waals surface area contributed by atoms with Crippen molar-refractivity contribution in [2.75, 3.05) is 0 Å². The minimum absolute atomic E-state index is 0.0778. The van der Waals surface area contributed by atoms with Crippen LogP contribution in [0.25, 0.3) is 98.2 Å². The molecule has 7 aromatic carbocycles. The van der Waals surface area contributed by atoms with Gasteiger partial charge in [0.05, 0.1) is 0 Å². The van der Waals surface area contributed by atoms with E-state index in [2.05, 4.69) is 119 Å². The molecule has 0 radical (unpaired) electrons. The predicted octanol–water partition coefficient (Wildman–Crippen LogP) is 13.5. The largest absolute Gasteiger partial charge is 0.456 e. The average Bonchev–Trinajstić information content (AvgIpc) is 3.78. The van der Waals surface area contributed by atoms with E-state index in [0.29, 0.717) is 17.5 Å². The zero-order valence-corrected chi connectivity index (χ0v) is 31.3. The number of hydrogen-bond acceptors (Lipinski definition) is 5. The standard InChI is InChI=1S/C49H35N3OS/c1-48(2)36-22-12-10-19-32(36)41-30-17-8-9-18-31(30)42-35-27-29(25-26-39(35)54-44(42)43(41)49(48,3)4)46-50-45(28-15-6-5-7-16-28)51-47(52-46)34-21-14-24-38-40(34)33-20-11-13-23-37(33)53-38/h5-27H,1-4H3. The molecule has 3 aromatic heterocycles. The molecule has 0 saturated heterocycles. The lowest BCUT2D eigenvalue weighted by Gasteiger charge is -2.48. The van der Waals surface area contributed by atoms with Gasteiger partial charge in [-0.2, -0.15) is 0 Å². The van der Waals surface area contributed by atoms with Crippen molar-refractivity contribution in [3.63, 3.8) is 0 Å². The van der Waals surface area contributed by atoms with Crippen LogP contribution in [0.1, 0.15) is 38.8 Å². The molecule has 54 heavy (non-hydrogen) atoms. The number of aromatic nitrogens is 3. The Hall–Kier alpha value is -6.17. The molecule has 1 aliphatic rings. The van der Waals surface area contributed by atoms with Gasteiger partial charge < -0.3 is 4.42 Å². The maximum absolute atomic E-state index is 6.28. The summed E-state index contributed by atoms with van der Waals surface area (Å²) in [6, 6.07) is 49.2. The molecule has 1 aliphatic carbocycles. The molecule has 3 heterocycles. The molecule has 5 heteroatoms. The molecule has 0 amide bonds. The van der Waals surface area contributed by atoms with Gasteiger partial charge in [-0.1, -0.05) is 137 Å². The fraction of sp³-hybridized carbons (Fsp3) is 0.122. The molecule has 0 fully saturated rings. The van der Waals surface area contributed by atoms with Crippen molar-refractivity contribution >= 4 is 64.2 Å². The third kappa shape index (κ3) is 4.27. The number of para-hydroxylation sites is 1. The highest BCUT2D eigenvalue weighted by Gasteiger charge is 2.47. The Morgan fingerprint density at radius 1 is 0.481 bits per heavy atom. The van der Waals surface area contributed by atoms with Gasteiger partial charge in [0, 0.05) is 53.1 Å². The minimum atomic E-state index is -0.130. The summed E-state index contributed by atoms with van der Waals surface area (Å²) in [5.41, 5.74) is 9.84. The van der Waals surface area contributed by atoms with Crippen LogP contribution in [0.5, 0.6) is 0 Å². The van der Waals surface area contributed by atoms with Crippen molar-refractivity contribution < 1.29 is 4.42 Å². The van der Waals surface area contributed by atoms with Gasteiger partial charge in [-0.15, -0.1) is 11.3 Å². The summed E-state index contributed by atoms with van der Waals surface area (Å²) in [4.78, 5) is 15.5. The third-order valence-electron chi connectivity index (χ3n) is 12.3. The lowest BCUT2D eigenvalue weighted by atomic mass is 9.55. The van der Waals surface area contributed by atoms with Gasteiger partial charge in [-0.05, 0) is 68.8 Å². The van der Waals surface area contributed by atoms with Crippen LogP contribution in [-0.4, -0.2) is 15.0 Å². The summed E-state index contributed by atoms with van der Waals surface area (Å²) in [6.45, 7) is 9.70. The fourth-order valence-electron chi connectivity index (χ4n) is 8.92. The first-order chi connectivity index (χ1) is 26.3. The van der Waals surface area contributed by atoms with E-state index in [1.807, 2.05) is 59.9 Å². The molecule has 0 bridgehead atoms. The van der Waals surface area contributed by atoms with Crippen molar-refractivity contribution in [2.45, 2.75) is 38.5 Å². The molecule has 0 unspecified atom stereocenters. The molecular weight excluding hydrogens is 679 g/mol. The number of benzene rings is 7. The number of nitrogens with zero attached hydrogens (tertiary/aromatic N) is 3. The second-order valence-electron chi connectivity index (χ2n) is 15.6. The summed E-state index contributed by atoms with van der Waals surface area (Å²) in [6.07, 6.45) is 0. The van der Waals surface area contributed by atoms with E-state index in [1.165, 1.54) is 53.2 Å². The first-order valence-corrected chi connectivity index (χ1v) is 19.3. The predicted molar refractivity (Wildman–Crippen MR) is 225 cm³/mol. The molecular formula is C49H35N3OS. The van der Waals surface area contributed by atoms with E-state index >= 15 is 0 Å². The summed E-state index contributed by atoms with van der Waals surface area (Å²) in [5, 5.41) is 7.16. The topological polar surface area (TPSA) is 51.8 Å². The van der Waals surface area contributed by atoms with E-state index < -0.39 is 0 Å². The Bertz CT molecular complexity index is 3170. The number of hydrogen-bond donors (Lipinski definition) is 0. The molecule has 0 atom stereocenters. The molecule has 4 nitrogen and oxygen atoms in total. The quantitative estimate of drug-likeness (QED) is 0.183. The van der Waals surface area contributed by atoms with Gasteiger partial charge in [0.15, 0.2) is 17.5 Å². The van der Waals surface area contributed by atoms with Gasteiger partial charge in [0.25, 0.3) is 0 Å². The number of thiophene rings is 1. The van der Waals surface area contributed by atoms with Gasteiger partial charge in [0.1, 0.15) is 11.2 Å². The Morgan fingerprint density at radius 2 is 1.13 bits per heavy atom. The second-order valence-corrected chi connectivity index (χ2v) is 16.6. The molecule has 10 aromatic rings. The normalized spacial score (nSPS) is 14.6. The van der Waals surface area contributed by atoms with Crippen LogP contribution in [0.2, 0.25) is 0 Å². The SMILES string of the molecule is CC1(C)c2ccccc2-c2c(c3sc4ccc(-c5nc(-c6ccccc6)nc(-c6cccc7oc8ccccc8c67)n5)cc4c3c3ccccc23)C1(C)C. The van der Waals surface area contributed by atoms with Crippen molar-refractivity contribution in [2.24, 2.45) is 0 Å². The first kappa shape index (κ1) is 31.4. The van der Waals surface area contributed by atoms with Crippen LogP contribution in [0.4, 0.5) is 0 Å². The summed E-state index contributed by atoms with van der Waals surface area (Å²) < 4.78 is 8.90. The Balaban J connectivity index is 1.20. The van der Waals surface area contributed by atoms with Crippen LogP contribution in [0, 0.1) is 0 Å². The molecule has 0 saturated carbocycles. The van der Waals surface area contributed by atoms with Crippen LogP contribution >= 0.6 is 11.3 Å². The Labute approximate surface area is 316 Å². The van der Waals surface area contributed by atoms with Crippen LogP contribution in [0.15, 0.2) is 144 Å². The third-order valence-corrected chi connectivity index (χ3v) is 13.4. The van der Waals surface area contributed by atoms with E-state index in [1.54, 1.807) is 0 Å². The summed E-state index contributed by atoms with van der Waals surface area (Å²) >= 11 is 1.91. The van der Waals surface area contributed by atoms with Gasteiger partial charge in [-0.25, -0.2) is 15.0 Å². The highest BCUT2D eigenvalue weighted by atomic mass is 32.1. The lowest BCUT2D eigenvalue weighted by Crippen LogP contribution is -2.43. The molecule has 0 N–H and O–H groups in total. The van der Waals surface area contributed by atoms with E-state index in [4.69, 9.17) is 19.4 Å². The lowest BCUT2D eigenvalue weighted by molar-refractivity contribution is 0.302. The Kier molecular flexibility index (Phi) is 6.49. The summed E-state index contributed by atoms with van der Waals surface area (Å²) in [5.74, 6) is 1.90. The molecule has 11 rings (SSSR count). The van der Waals surface area contributed by atoms with E-state index in [-0.39, 0.29) is 10.8 Å². The summed E-state index contributed by atoms with van der Waals surface area (Å²) in [7, 11) is 0. The Morgan fingerprint density at radius 3 is 1.96 bits per heavy atom. The fourth-order valence-corrected chi connectivity index (χ4v) is 10.3. The zero-order chi connectivity index (χ0) is 36.3. The molecule has 258 valence electrons. The number of furan rings is 1. The van der Waals surface area contributed by atoms with Gasteiger partial charge >= 0.3 is 0 Å². The van der Waals surface area contributed by atoms with Crippen molar-refractivity contribution in [3.05, 3.63) is 151 Å². The average molecular weight is 714 g/mol. The number of fused-ring (bicyclic) bond motifs is 13. The smallest absolute Gasteiger partial charge is 0.164 e. The molecule has 0 aliphatic heterocycles. The van der Waals surface area contributed by atoms with Gasteiger partial charge in [0.2, 0.25) is 0 Å². The van der Waals surface area contributed by atoms with Crippen molar-refractivity contribution in [1.29, 1.82) is 0 Å². The van der Waals surface area contributed by atoms with Crippen molar-refractivity contribution in [1.82, 2.24) is 15.0 Å². The maximum Gasteiger partial charge on any atom is 0.164 e. The van der Waals surface area contributed by atoms with Crippen LogP contribution < -0.4 is 0 Å². The number of rotatable bonds is 3. The van der Waals surface area contributed by atoms with Crippen molar-refractivity contribution in [3.8, 4) is 45.3 Å². The van der Waals surface area contributed by atoms with E-state index in [9.17, 15) is 0 Å². The monoisotopic (exact) mass is 713 g/mol. The molecule has 0 spiro atoms. The highest BCUT2D eigenvalue weighted by Crippen LogP contribution is 2.59. The minimum Gasteiger partial charge on any atom is -0.456 e. The van der Waals surface area contributed by atoms with Crippen LogP contribution in [-0.2, 0) is 10.8 Å². The highest BCUT2D eigenvalue weighted by molar-refractivity contribution is 7.26. The van der Waals surface area contributed by atoms with Crippen LogP contribution in [0.3, 0.4) is 0 Å². The second kappa shape index (κ2) is 11.2. The first-order valence-electron chi connectivity index (χ1n) is 18.5.